The number of likely N-dealkylation sites (tertiary alicyclic amines) is 1. The third-order valence-electron chi connectivity index (χ3n) is 3.45. The second-order valence-corrected chi connectivity index (χ2v) is 5.01. The molecule has 2 rings (SSSR count). The van der Waals surface area contributed by atoms with Gasteiger partial charge in [0.25, 0.3) is 0 Å². The van der Waals surface area contributed by atoms with E-state index in [-0.39, 0.29) is 6.10 Å². The normalized spacial score (nSPS) is 19.1. The van der Waals surface area contributed by atoms with E-state index in [1.54, 1.807) is 18.2 Å². The Balaban J connectivity index is 2.01. The molecule has 1 aliphatic rings. The van der Waals surface area contributed by atoms with Crippen molar-refractivity contribution in [1.29, 1.82) is 0 Å². The van der Waals surface area contributed by atoms with Crippen LogP contribution in [0.4, 0.5) is 0 Å². The van der Waals surface area contributed by atoms with Crippen LogP contribution in [0.3, 0.4) is 0 Å². The van der Waals surface area contributed by atoms with Gasteiger partial charge in [-0.25, -0.2) is 0 Å². The van der Waals surface area contributed by atoms with Gasteiger partial charge in [0, 0.05) is 13.1 Å². The van der Waals surface area contributed by atoms with E-state index >= 15 is 0 Å². The molecule has 0 aliphatic carbocycles. The van der Waals surface area contributed by atoms with Crippen LogP contribution in [-0.2, 0) is 4.79 Å². The molecular formula is C14H20N2O3. The molecule has 1 atom stereocenters. The minimum Gasteiger partial charge on any atom is -0.490 e. The van der Waals surface area contributed by atoms with Crippen molar-refractivity contribution in [2.45, 2.75) is 25.0 Å². The first-order valence-electron chi connectivity index (χ1n) is 6.50. The van der Waals surface area contributed by atoms with Gasteiger partial charge in [0.15, 0.2) is 0 Å². The van der Waals surface area contributed by atoms with Gasteiger partial charge >= 0.3 is 5.97 Å². The number of carbonyl (C=O) groups is 1. The van der Waals surface area contributed by atoms with Gasteiger partial charge in [-0.05, 0) is 37.6 Å². The van der Waals surface area contributed by atoms with Crippen molar-refractivity contribution >= 4 is 5.97 Å². The van der Waals surface area contributed by atoms with Gasteiger partial charge < -0.3 is 20.5 Å². The SMILES string of the molecule is CN1CCC(Oc2cccc(C(N)C(=O)O)c2)CC1. The largest absolute Gasteiger partial charge is 0.490 e. The van der Waals surface area contributed by atoms with Crippen molar-refractivity contribution in [2.75, 3.05) is 20.1 Å². The molecule has 0 aromatic heterocycles. The Morgan fingerprint density at radius 3 is 2.79 bits per heavy atom. The maximum atomic E-state index is 10.9. The molecule has 1 saturated heterocycles. The highest BCUT2D eigenvalue weighted by Crippen LogP contribution is 2.22. The van der Waals surface area contributed by atoms with Crippen molar-refractivity contribution in [1.82, 2.24) is 4.90 Å². The molecule has 1 fully saturated rings. The van der Waals surface area contributed by atoms with Crippen LogP contribution < -0.4 is 10.5 Å². The van der Waals surface area contributed by atoms with E-state index < -0.39 is 12.0 Å². The number of hydrogen-bond acceptors (Lipinski definition) is 4. The topological polar surface area (TPSA) is 75.8 Å². The number of carboxylic acids is 1. The van der Waals surface area contributed by atoms with E-state index in [2.05, 4.69) is 11.9 Å². The van der Waals surface area contributed by atoms with Gasteiger partial charge in [-0.15, -0.1) is 0 Å². The molecule has 19 heavy (non-hydrogen) atoms. The summed E-state index contributed by atoms with van der Waals surface area (Å²) in [5.74, 6) is -0.333. The lowest BCUT2D eigenvalue weighted by Crippen LogP contribution is -2.35. The van der Waals surface area contributed by atoms with Crippen LogP contribution in [0.5, 0.6) is 5.75 Å². The average molecular weight is 264 g/mol. The Morgan fingerprint density at radius 2 is 2.16 bits per heavy atom. The van der Waals surface area contributed by atoms with E-state index in [0.29, 0.717) is 11.3 Å². The van der Waals surface area contributed by atoms with Gasteiger partial charge in [-0.1, -0.05) is 12.1 Å². The lowest BCUT2D eigenvalue weighted by atomic mass is 10.1. The van der Waals surface area contributed by atoms with Crippen LogP contribution in [0, 0.1) is 0 Å². The molecule has 1 heterocycles. The van der Waals surface area contributed by atoms with Crippen LogP contribution in [0.1, 0.15) is 24.4 Å². The quantitative estimate of drug-likeness (QED) is 0.856. The smallest absolute Gasteiger partial charge is 0.325 e. The van der Waals surface area contributed by atoms with Crippen LogP contribution in [0.15, 0.2) is 24.3 Å². The van der Waals surface area contributed by atoms with E-state index in [9.17, 15) is 4.79 Å². The fourth-order valence-electron chi connectivity index (χ4n) is 2.22. The molecule has 0 amide bonds. The van der Waals surface area contributed by atoms with Crippen molar-refractivity contribution in [3.63, 3.8) is 0 Å². The Hall–Kier alpha value is -1.59. The molecule has 5 nitrogen and oxygen atoms in total. The van der Waals surface area contributed by atoms with E-state index in [0.717, 1.165) is 25.9 Å². The molecule has 0 bridgehead atoms. The Labute approximate surface area is 113 Å². The van der Waals surface area contributed by atoms with E-state index in [1.807, 2.05) is 6.07 Å². The summed E-state index contributed by atoms with van der Waals surface area (Å²) >= 11 is 0. The van der Waals surface area contributed by atoms with Crippen LogP contribution in [0.2, 0.25) is 0 Å². The molecule has 1 aromatic rings. The minimum absolute atomic E-state index is 0.201. The van der Waals surface area contributed by atoms with Crippen molar-refractivity contribution < 1.29 is 14.6 Å². The molecule has 0 spiro atoms. The number of ether oxygens (including phenoxy) is 1. The molecule has 1 aromatic carbocycles. The summed E-state index contributed by atoms with van der Waals surface area (Å²) in [5.41, 5.74) is 6.16. The second-order valence-electron chi connectivity index (χ2n) is 5.01. The summed E-state index contributed by atoms with van der Waals surface area (Å²) in [7, 11) is 2.10. The minimum atomic E-state index is -1.03. The number of carboxylic acid groups (broad SMARTS) is 1. The van der Waals surface area contributed by atoms with Crippen molar-refractivity contribution in [2.24, 2.45) is 5.73 Å². The Kier molecular flexibility index (Phi) is 4.39. The highest BCUT2D eigenvalue weighted by atomic mass is 16.5. The monoisotopic (exact) mass is 264 g/mol. The number of hydrogen-bond donors (Lipinski definition) is 2. The summed E-state index contributed by atoms with van der Waals surface area (Å²) in [4.78, 5) is 13.1. The number of nitrogens with two attached hydrogens (primary N) is 1. The predicted molar refractivity (Wildman–Crippen MR) is 72.2 cm³/mol. The summed E-state index contributed by atoms with van der Waals surface area (Å²) in [5, 5.41) is 8.91. The molecule has 1 aliphatic heterocycles. The summed E-state index contributed by atoms with van der Waals surface area (Å²) in [6.07, 6.45) is 2.18. The highest BCUT2D eigenvalue weighted by Gasteiger charge is 2.19. The van der Waals surface area contributed by atoms with Crippen molar-refractivity contribution in [3.8, 4) is 5.75 Å². The number of rotatable bonds is 4. The lowest BCUT2D eigenvalue weighted by Gasteiger charge is -2.29. The zero-order valence-corrected chi connectivity index (χ0v) is 11.1. The first-order chi connectivity index (χ1) is 9.06. The first-order valence-corrected chi connectivity index (χ1v) is 6.50. The van der Waals surface area contributed by atoms with Crippen LogP contribution in [0.25, 0.3) is 0 Å². The van der Waals surface area contributed by atoms with E-state index in [4.69, 9.17) is 15.6 Å². The fourth-order valence-corrected chi connectivity index (χ4v) is 2.22. The molecule has 0 radical (unpaired) electrons. The average Bonchev–Trinajstić information content (AvgIpc) is 2.41. The highest BCUT2D eigenvalue weighted by molar-refractivity contribution is 5.75. The Bertz CT molecular complexity index is 442. The van der Waals surface area contributed by atoms with Crippen molar-refractivity contribution in [3.05, 3.63) is 29.8 Å². The zero-order chi connectivity index (χ0) is 13.8. The standard InChI is InChI=1S/C14H20N2O3/c1-16-7-5-11(6-8-16)19-12-4-2-3-10(9-12)13(15)14(17)18/h2-4,9,11,13H,5-8,15H2,1H3,(H,17,18). The van der Waals surface area contributed by atoms with E-state index in [1.165, 1.54) is 0 Å². The van der Waals surface area contributed by atoms with Gasteiger partial charge in [-0.3, -0.25) is 4.79 Å². The lowest BCUT2D eigenvalue weighted by molar-refractivity contribution is -0.138. The molecule has 0 saturated carbocycles. The summed E-state index contributed by atoms with van der Waals surface area (Å²) in [6.45, 7) is 2.05. The molecule has 104 valence electrons. The number of nitrogens with zero attached hydrogens (tertiary/aromatic N) is 1. The first kappa shape index (κ1) is 13.8. The third kappa shape index (κ3) is 3.68. The second kappa shape index (κ2) is 6.04. The molecule has 5 heteroatoms. The summed E-state index contributed by atoms with van der Waals surface area (Å²) < 4.78 is 5.90. The predicted octanol–water partition coefficient (Wildman–Crippen LogP) is 1.24. The fraction of sp³-hybridized carbons (Fsp3) is 0.500. The van der Waals surface area contributed by atoms with Gasteiger partial charge in [-0.2, -0.15) is 0 Å². The van der Waals surface area contributed by atoms with Crippen LogP contribution in [-0.4, -0.2) is 42.2 Å². The Morgan fingerprint density at radius 1 is 1.47 bits per heavy atom. The maximum Gasteiger partial charge on any atom is 0.325 e. The number of aliphatic carboxylic acids is 1. The third-order valence-corrected chi connectivity index (χ3v) is 3.45. The number of piperidine rings is 1. The summed E-state index contributed by atoms with van der Waals surface area (Å²) in [6, 6.07) is 6.05. The van der Waals surface area contributed by atoms with Crippen LogP contribution >= 0.6 is 0 Å². The molecule has 3 N–H and O–H groups in total. The maximum absolute atomic E-state index is 10.9. The number of benzene rings is 1. The van der Waals surface area contributed by atoms with Gasteiger partial charge in [0.1, 0.15) is 17.9 Å². The molecular weight excluding hydrogens is 244 g/mol. The van der Waals surface area contributed by atoms with Gasteiger partial charge in [0.05, 0.1) is 0 Å². The van der Waals surface area contributed by atoms with Gasteiger partial charge in [0.2, 0.25) is 0 Å². The molecule has 1 unspecified atom stereocenters. The zero-order valence-electron chi connectivity index (χ0n) is 11.1.